The van der Waals surface area contributed by atoms with Gasteiger partial charge < -0.3 is 10.1 Å². The highest BCUT2D eigenvalue weighted by atomic mass is 16.6. The van der Waals surface area contributed by atoms with Crippen molar-refractivity contribution in [3.05, 3.63) is 50.3 Å². The van der Waals surface area contributed by atoms with Gasteiger partial charge in [0.25, 0.3) is 5.69 Å². The average molecular weight is 235 g/mol. The third kappa shape index (κ3) is 1.63. The van der Waals surface area contributed by atoms with Gasteiger partial charge in [0.05, 0.1) is 10.3 Å². The molecule has 0 spiro atoms. The summed E-state index contributed by atoms with van der Waals surface area (Å²) in [4.78, 5) is 35.2. The van der Waals surface area contributed by atoms with Gasteiger partial charge in [0.1, 0.15) is 5.52 Å². The number of nitro groups is 1. The highest BCUT2D eigenvalue weighted by Gasteiger charge is 2.21. The Hall–Kier alpha value is -2.70. The highest BCUT2D eigenvalue weighted by Crippen LogP contribution is 2.20. The Morgan fingerprint density at radius 1 is 1.41 bits per heavy atom. The van der Waals surface area contributed by atoms with E-state index in [1.165, 1.54) is 18.2 Å². The molecule has 0 saturated carbocycles. The van der Waals surface area contributed by atoms with Gasteiger partial charge in [0.15, 0.2) is 5.56 Å². The van der Waals surface area contributed by atoms with E-state index in [2.05, 4.69) is 4.98 Å². The number of nitro benzene ring substituents is 1. The number of nitrogens with zero attached hydrogens (tertiary/aromatic N) is 1. The Bertz CT molecular complexity index is 689. The van der Waals surface area contributed by atoms with E-state index in [-0.39, 0.29) is 22.2 Å². The highest BCUT2D eigenvalue weighted by molar-refractivity contribution is 5.94. The summed E-state index contributed by atoms with van der Waals surface area (Å²) in [5.41, 5.74) is -1.21. The summed E-state index contributed by atoms with van der Waals surface area (Å²) in [7, 11) is 0. The molecule has 1 heterocycles. The molecular weight excluding hydrogens is 228 g/mol. The van der Waals surface area contributed by atoms with E-state index in [1.807, 2.05) is 0 Å². The maximum atomic E-state index is 11.8. The Balaban J connectivity index is 2.90. The molecule has 7 heteroatoms. The first-order valence-corrected chi connectivity index (χ1v) is 4.57. The van der Waals surface area contributed by atoms with Crippen LogP contribution < -0.4 is 5.43 Å². The molecule has 0 fully saturated rings. The van der Waals surface area contributed by atoms with E-state index >= 15 is 0 Å². The second-order valence-corrected chi connectivity index (χ2v) is 3.32. The van der Waals surface area contributed by atoms with Crippen molar-refractivity contribution in [2.45, 2.75) is 0 Å². The van der Waals surface area contributed by atoms with E-state index in [1.54, 1.807) is 0 Å². The van der Waals surface area contributed by atoms with Gasteiger partial charge in [-0.15, -0.1) is 0 Å². The minimum absolute atomic E-state index is 0.0253. The third-order valence-corrected chi connectivity index (χ3v) is 2.33. The molecule has 0 unspecified atom stereocenters. The lowest BCUT2D eigenvalue weighted by Gasteiger charge is -1.99. The maximum absolute atomic E-state index is 11.8. The average Bonchev–Trinajstić information content (AvgIpc) is 2.28. The van der Waals surface area contributed by atoms with Crippen LogP contribution in [0.4, 0.5) is 5.69 Å². The quantitative estimate of drug-likeness (QED) is 0.457. The van der Waals surface area contributed by atoms with Gasteiger partial charge in [-0.2, -0.15) is 0 Å². The topological polar surface area (TPSA) is 116 Å². The van der Waals surface area contributed by atoms with E-state index < -0.39 is 16.3 Å². The van der Waals surface area contributed by atoms with E-state index in [9.17, 15) is 19.7 Å². The van der Waals surface area contributed by atoms with Crippen LogP contribution in [0.25, 0.3) is 10.9 Å². The molecule has 0 amide bonds. The number of non-ortho nitro benzene ring substituents is 1. The number of para-hydroxylation sites is 1. The van der Waals surface area contributed by atoms with Crippen LogP contribution in [0.3, 0.4) is 0 Å². The molecule has 17 heavy (non-hydrogen) atoms. The Kier molecular flexibility index (Phi) is 2.36. The minimum Gasteiger partial charge on any atom is -0.561 e. The molecule has 7 nitrogen and oxygen atoms in total. The van der Waals surface area contributed by atoms with Crippen molar-refractivity contribution in [1.82, 2.24) is 4.98 Å². The van der Waals surface area contributed by atoms with E-state index in [0.29, 0.717) is 0 Å². The number of carbonyl (C=O) groups is 1. The second-order valence-electron chi connectivity index (χ2n) is 3.32. The fourth-order valence-electron chi connectivity index (χ4n) is 1.56. The summed E-state index contributed by atoms with van der Waals surface area (Å²) in [6.07, 6.45) is 1.02. The minimum atomic E-state index is -1.13. The third-order valence-electron chi connectivity index (χ3n) is 2.33. The molecule has 0 aliphatic heterocycles. The molecule has 86 valence electrons. The van der Waals surface area contributed by atoms with E-state index in [0.717, 1.165) is 6.20 Å². The van der Waals surface area contributed by atoms with Crippen molar-refractivity contribution in [1.29, 1.82) is 0 Å². The summed E-state index contributed by atoms with van der Waals surface area (Å²) in [6, 6.07) is 3.97. The van der Waals surface area contributed by atoms with Crippen molar-refractivity contribution < 1.29 is 14.8 Å². The van der Waals surface area contributed by atoms with Crippen LogP contribution in [0.15, 0.2) is 29.2 Å². The largest absolute Gasteiger partial charge is 0.561 e. The fraction of sp³-hybridized carbons (Fsp3) is 0. The van der Waals surface area contributed by atoms with Crippen LogP contribution >= 0.6 is 0 Å². The number of pyridine rings is 1. The second kappa shape index (κ2) is 3.71. The van der Waals surface area contributed by atoms with Gasteiger partial charge in [-0.1, -0.05) is 6.07 Å². The lowest BCUT2D eigenvalue weighted by molar-refractivity contribution is -0.383. The SMILES string of the molecule is O=C([OH2+])c1c[nH]c2c([N+](=O)[O-])cccc2c1=O. The lowest BCUT2D eigenvalue weighted by Crippen LogP contribution is -2.15. The van der Waals surface area contributed by atoms with Crippen LogP contribution in [-0.2, 0) is 0 Å². The zero-order valence-corrected chi connectivity index (χ0v) is 8.39. The Morgan fingerprint density at radius 2 is 2.12 bits per heavy atom. The Labute approximate surface area is 93.5 Å². The number of carbonyl (C=O) groups excluding carboxylic acids is 1. The molecule has 1 aromatic carbocycles. The zero-order valence-electron chi connectivity index (χ0n) is 8.39. The monoisotopic (exact) mass is 235 g/mol. The van der Waals surface area contributed by atoms with Gasteiger partial charge in [-0.25, -0.2) is 0 Å². The molecule has 3 N–H and O–H groups in total. The smallest absolute Gasteiger partial charge is 0.554 e. The molecular formula is C10H7N2O5+. The number of fused-ring (bicyclic) bond motifs is 1. The van der Waals surface area contributed by atoms with Crippen LogP contribution in [0, 0.1) is 10.1 Å². The summed E-state index contributed by atoms with van der Waals surface area (Å²) in [5, 5.41) is 17.6. The van der Waals surface area contributed by atoms with Crippen LogP contribution in [0.1, 0.15) is 10.4 Å². The van der Waals surface area contributed by atoms with Crippen molar-refractivity contribution in [2.24, 2.45) is 0 Å². The molecule has 0 bridgehead atoms. The maximum Gasteiger partial charge on any atom is 0.554 e. The first kappa shape index (κ1) is 10.8. The predicted molar refractivity (Wildman–Crippen MR) is 59.2 cm³/mol. The number of benzene rings is 1. The molecule has 0 aliphatic rings. The van der Waals surface area contributed by atoms with Crippen LogP contribution in [0.5, 0.6) is 0 Å². The molecule has 2 aromatic rings. The first-order valence-electron chi connectivity index (χ1n) is 4.57. The van der Waals surface area contributed by atoms with Crippen molar-refractivity contribution in [3.8, 4) is 0 Å². The van der Waals surface area contributed by atoms with Crippen LogP contribution in [-0.4, -0.2) is 21.0 Å². The molecule has 0 aliphatic carbocycles. The Morgan fingerprint density at radius 3 is 2.71 bits per heavy atom. The summed E-state index contributed by atoms with van der Waals surface area (Å²) >= 11 is 0. The van der Waals surface area contributed by atoms with Gasteiger partial charge in [-0.3, -0.25) is 14.9 Å². The number of aromatic amines is 1. The molecule has 2 rings (SSSR count). The normalized spacial score (nSPS) is 10.4. The van der Waals surface area contributed by atoms with Crippen molar-refractivity contribution >= 4 is 22.6 Å². The van der Waals surface area contributed by atoms with Gasteiger partial charge >= 0.3 is 5.97 Å². The van der Waals surface area contributed by atoms with Crippen LogP contribution in [0.2, 0.25) is 0 Å². The number of aromatic nitrogens is 1. The predicted octanol–water partition coefficient (Wildman–Crippen LogP) is 0.301. The molecule has 0 saturated heterocycles. The summed E-state index contributed by atoms with van der Waals surface area (Å²) in [5.74, 6) is -1.13. The van der Waals surface area contributed by atoms with Crippen molar-refractivity contribution in [2.75, 3.05) is 0 Å². The van der Waals surface area contributed by atoms with Gasteiger partial charge in [-0.05, 0) is 6.07 Å². The summed E-state index contributed by atoms with van der Waals surface area (Å²) < 4.78 is 0. The first-order chi connectivity index (χ1) is 8.02. The lowest BCUT2D eigenvalue weighted by atomic mass is 10.1. The molecule has 0 atom stereocenters. The zero-order chi connectivity index (χ0) is 12.6. The standard InChI is InChI=1S/C10H6N2O5/c13-9-5-2-1-3-7(12(16)17)8(5)11-4-6(9)10(14)15/h1-4H,(H,11,13)(H,14,15)/p+1. The van der Waals surface area contributed by atoms with Gasteiger partial charge in [0.2, 0.25) is 5.43 Å². The van der Waals surface area contributed by atoms with Gasteiger partial charge in [0, 0.05) is 17.1 Å². The molecule has 1 aromatic heterocycles. The number of hydrogen-bond donors (Lipinski definition) is 1. The molecule has 0 radical (unpaired) electrons. The number of nitrogens with one attached hydrogen (secondary N) is 1. The number of H-pyrrole nitrogens is 1. The summed E-state index contributed by atoms with van der Waals surface area (Å²) in [6.45, 7) is 0. The number of rotatable bonds is 2. The van der Waals surface area contributed by atoms with Crippen molar-refractivity contribution in [3.63, 3.8) is 0 Å². The fourth-order valence-corrected chi connectivity index (χ4v) is 1.56. The van der Waals surface area contributed by atoms with E-state index in [4.69, 9.17) is 5.11 Å². The number of hydrogen-bond acceptors (Lipinski definition) is 4.